The fraction of sp³-hybridized carbons (Fsp3) is 0.100. The molecule has 0 aromatic heterocycles. The summed E-state index contributed by atoms with van der Waals surface area (Å²) < 4.78 is 3.00. The van der Waals surface area contributed by atoms with Crippen LogP contribution in [0, 0.1) is 13.8 Å². The number of hydrogen-bond donors (Lipinski definition) is 2. The van der Waals surface area contributed by atoms with Crippen molar-refractivity contribution in [2.45, 2.75) is 13.8 Å². The summed E-state index contributed by atoms with van der Waals surface area (Å²) in [6.45, 7) is 4.23. The van der Waals surface area contributed by atoms with Gasteiger partial charge in [-0.25, -0.2) is 0 Å². The second-order valence-electron chi connectivity index (χ2n) is 6.21. The second-order valence-corrected chi connectivity index (χ2v) is 14.2. The number of benzene rings is 3. The molecule has 0 fully saturated rings. The summed E-state index contributed by atoms with van der Waals surface area (Å²) in [4.78, 5) is 0. The van der Waals surface area contributed by atoms with Crippen molar-refractivity contribution in [3.05, 3.63) is 71.5 Å². The minimum atomic E-state index is -1.05. The molecule has 0 atom stereocenters. The van der Waals surface area contributed by atoms with Crippen molar-refractivity contribution < 1.29 is 10.2 Å². The van der Waals surface area contributed by atoms with Crippen LogP contribution in [-0.2, 0) is 0 Å². The van der Waals surface area contributed by atoms with Crippen LogP contribution in [0.3, 0.4) is 0 Å². The Morgan fingerprint density at radius 2 is 1.29 bits per heavy atom. The maximum Gasteiger partial charge on any atom is 0.137 e. The molecule has 0 aliphatic rings. The Balaban J connectivity index is 2.25. The molecule has 28 heavy (non-hydrogen) atoms. The van der Waals surface area contributed by atoms with Gasteiger partial charge in [-0.2, -0.15) is 0 Å². The molecular weight excluding hydrogens is 651 g/mol. The summed E-state index contributed by atoms with van der Waals surface area (Å²) in [7, 11) is -0.669. The lowest BCUT2D eigenvalue weighted by molar-refractivity contribution is 0.476. The molecule has 0 bridgehead atoms. The Morgan fingerprint density at radius 1 is 0.786 bits per heavy atom. The van der Waals surface area contributed by atoms with Gasteiger partial charge in [0.25, 0.3) is 0 Å². The lowest BCUT2D eigenvalue weighted by Crippen LogP contribution is -2.26. The van der Waals surface area contributed by atoms with Crippen LogP contribution in [0.5, 0.6) is 11.5 Å². The van der Waals surface area contributed by atoms with Gasteiger partial charge in [0.2, 0.25) is 0 Å². The van der Waals surface area contributed by atoms with Crippen molar-refractivity contribution in [3.63, 3.8) is 0 Å². The molecule has 0 saturated heterocycles. The average Bonchev–Trinajstić information content (AvgIpc) is 2.63. The molecule has 2 N–H and O–H groups in total. The van der Waals surface area contributed by atoms with Crippen LogP contribution in [0.2, 0.25) is 0 Å². The Labute approximate surface area is 201 Å². The zero-order valence-corrected chi connectivity index (χ0v) is 23.1. The molecule has 0 saturated carbocycles. The molecule has 0 aliphatic heterocycles. The first-order valence-corrected chi connectivity index (χ1v) is 14.5. The van der Waals surface area contributed by atoms with Crippen LogP contribution in [0.1, 0.15) is 11.1 Å². The fourth-order valence-electron chi connectivity index (χ4n) is 2.69. The van der Waals surface area contributed by atoms with E-state index in [1.165, 1.54) is 16.3 Å². The van der Waals surface area contributed by atoms with Gasteiger partial charge in [0, 0.05) is 19.6 Å². The standard InChI is InChI=1S/C20H15Br4O2PSi/c1-10-4-3-5-18(11(10)2)28-27(16-8-12(21)6-14(23)19(16)25)17-9-13(22)7-15(24)20(17)26/h3-9,25-26H,1-2H3. The first-order chi connectivity index (χ1) is 13.2. The lowest BCUT2D eigenvalue weighted by Gasteiger charge is -2.23. The minimum absolute atomic E-state index is 0.211. The number of rotatable bonds is 4. The average molecular weight is 666 g/mol. The highest BCUT2D eigenvalue weighted by molar-refractivity contribution is 9.11. The van der Waals surface area contributed by atoms with Gasteiger partial charge in [-0.1, -0.05) is 55.2 Å². The number of phenols is 2. The van der Waals surface area contributed by atoms with Gasteiger partial charge < -0.3 is 10.2 Å². The highest BCUT2D eigenvalue weighted by atomic mass is 79.9. The smallest absolute Gasteiger partial charge is 0.137 e. The maximum absolute atomic E-state index is 10.8. The normalized spacial score (nSPS) is 11.2. The van der Waals surface area contributed by atoms with Gasteiger partial charge >= 0.3 is 0 Å². The predicted octanol–water partition coefficient (Wildman–Crippen LogP) is 6.14. The molecule has 3 aromatic carbocycles. The van der Waals surface area contributed by atoms with E-state index in [9.17, 15) is 10.2 Å². The zero-order valence-electron chi connectivity index (χ0n) is 14.9. The third-order valence-electron chi connectivity index (χ3n) is 4.33. The van der Waals surface area contributed by atoms with Gasteiger partial charge in [-0.15, -0.1) is 0 Å². The second kappa shape index (κ2) is 9.32. The zero-order chi connectivity index (χ0) is 20.6. The number of halogens is 4. The Hall–Kier alpha value is -0.173. The molecule has 0 heterocycles. The van der Waals surface area contributed by atoms with Gasteiger partial charge in [0.05, 0.1) is 8.95 Å². The van der Waals surface area contributed by atoms with Crippen LogP contribution >= 0.6 is 71.2 Å². The molecule has 0 amide bonds. The van der Waals surface area contributed by atoms with Gasteiger partial charge in [0.1, 0.15) is 20.7 Å². The van der Waals surface area contributed by atoms with Crippen molar-refractivity contribution in [2.24, 2.45) is 0 Å². The first-order valence-electron chi connectivity index (χ1n) is 8.18. The summed E-state index contributed by atoms with van der Waals surface area (Å²) in [5.41, 5.74) is 2.48. The SMILES string of the molecule is Cc1cccc([Si]P(c2cc(Br)cc(Br)c2O)c2cc(Br)cc(Br)c2O)c1C. The van der Waals surface area contributed by atoms with Crippen molar-refractivity contribution in [2.75, 3.05) is 0 Å². The van der Waals surface area contributed by atoms with E-state index in [4.69, 9.17) is 0 Å². The predicted molar refractivity (Wildman–Crippen MR) is 135 cm³/mol. The molecule has 2 nitrogen and oxygen atoms in total. The Bertz CT molecular complexity index is 1000. The molecule has 0 unspecified atom stereocenters. The van der Waals surface area contributed by atoms with Crippen molar-refractivity contribution in [1.82, 2.24) is 0 Å². The number of hydrogen-bond acceptors (Lipinski definition) is 2. The lowest BCUT2D eigenvalue weighted by atomic mass is 10.1. The monoisotopic (exact) mass is 662 g/mol. The Kier molecular flexibility index (Phi) is 7.49. The molecule has 8 heteroatoms. The van der Waals surface area contributed by atoms with Crippen LogP contribution < -0.4 is 15.8 Å². The van der Waals surface area contributed by atoms with E-state index < -0.39 is 7.47 Å². The van der Waals surface area contributed by atoms with E-state index in [-0.39, 0.29) is 11.5 Å². The highest BCUT2D eigenvalue weighted by Crippen LogP contribution is 2.43. The summed E-state index contributed by atoms with van der Waals surface area (Å²) in [5.74, 6) is 0.422. The molecule has 3 aromatic rings. The number of aryl methyl sites for hydroxylation is 1. The van der Waals surface area contributed by atoms with Crippen molar-refractivity contribution in [1.29, 1.82) is 0 Å². The topological polar surface area (TPSA) is 40.5 Å². The quantitative estimate of drug-likeness (QED) is 0.260. The molecular formula is C20H15Br4O2PSi. The first kappa shape index (κ1) is 22.5. The fourth-order valence-corrected chi connectivity index (χ4v) is 11.5. The molecule has 2 radical (unpaired) electrons. The summed E-state index contributed by atoms with van der Waals surface area (Å²) in [6, 6.07) is 13.8. The third-order valence-corrected chi connectivity index (χ3v) is 12.0. The minimum Gasteiger partial charge on any atom is -0.506 e. The van der Waals surface area contributed by atoms with E-state index >= 15 is 0 Å². The van der Waals surface area contributed by atoms with E-state index in [2.05, 4.69) is 95.8 Å². The van der Waals surface area contributed by atoms with Crippen molar-refractivity contribution in [3.8, 4) is 11.5 Å². The molecule has 144 valence electrons. The third kappa shape index (κ3) is 4.76. The van der Waals surface area contributed by atoms with Gasteiger partial charge in [-0.3, -0.25) is 0 Å². The van der Waals surface area contributed by atoms with Crippen LogP contribution in [0.15, 0.2) is 60.4 Å². The van der Waals surface area contributed by atoms with Crippen LogP contribution in [-0.4, -0.2) is 19.4 Å². The summed E-state index contributed by atoms with van der Waals surface area (Å²) >= 11 is 14.0. The van der Waals surface area contributed by atoms with E-state index in [1.807, 2.05) is 24.3 Å². The summed E-state index contributed by atoms with van der Waals surface area (Å²) in [5, 5.41) is 24.5. The largest absolute Gasteiger partial charge is 0.506 e. The van der Waals surface area contributed by atoms with E-state index in [0.29, 0.717) is 18.1 Å². The van der Waals surface area contributed by atoms with Crippen molar-refractivity contribution >= 4 is 96.2 Å². The van der Waals surface area contributed by atoms with Crippen LogP contribution in [0.25, 0.3) is 0 Å². The molecule has 0 aliphatic carbocycles. The van der Waals surface area contributed by atoms with Gasteiger partial charge in [-0.05, 0) is 88.6 Å². The highest BCUT2D eigenvalue weighted by Gasteiger charge is 2.26. The van der Waals surface area contributed by atoms with E-state index in [1.54, 1.807) is 0 Å². The van der Waals surface area contributed by atoms with Gasteiger partial charge in [0.15, 0.2) is 0 Å². The summed E-state index contributed by atoms with van der Waals surface area (Å²) in [6.07, 6.45) is 0. The number of phenolic OH excluding ortho intramolecular Hbond substituents is 2. The van der Waals surface area contributed by atoms with Crippen LogP contribution in [0.4, 0.5) is 0 Å². The Morgan fingerprint density at radius 3 is 1.79 bits per heavy atom. The maximum atomic E-state index is 10.8. The molecule has 0 spiro atoms. The number of aromatic hydroxyl groups is 2. The molecule has 3 rings (SSSR count). The van der Waals surface area contributed by atoms with E-state index in [0.717, 1.165) is 19.6 Å².